The lowest BCUT2D eigenvalue weighted by Gasteiger charge is -2.13. The van der Waals surface area contributed by atoms with Crippen LogP contribution in [0.25, 0.3) is 27.8 Å². The van der Waals surface area contributed by atoms with Crippen LogP contribution in [0.1, 0.15) is 12.5 Å². The summed E-state index contributed by atoms with van der Waals surface area (Å²) >= 11 is 1.22. The van der Waals surface area contributed by atoms with Crippen molar-refractivity contribution in [3.63, 3.8) is 0 Å². The van der Waals surface area contributed by atoms with Crippen molar-refractivity contribution in [3.05, 3.63) is 101 Å². The highest BCUT2D eigenvalue weighted by molar-refractivity contribution is 7.99. The van der Waals surface area contributed by atoms with E-state index in [0.717, 1.165) is 22.4 Å². The smallest absolute Gasteiger partial charge is 0.283 e. The number of amides is 1. The van der Waals surface area contributed by atoms with Gasteiger partial charge in [-0.3, -0.25) is 14.2 Å². The zero-order chi connectivity index (χ0) is 25.8. The number of rotatable bonds is 8. The van der Waals surface area contributed by atoms with E-state index in [0.29, 0.717) is 34.2 Å². The second-order valence-corrected chi connectivity index (χ2v) is 9.40. The fourth-order valence-electron chi connectivity index (χ4n) is 4.02. The zero-order valence-electron chi connectivity index (χ0n) is 20.5. The van der Waals surface area contributed by atoms with E-state index in [2.05, 4.69) is 10.3 Å². The molecular formula is C29H26N4O3S. The highest BCUT2D eigenvalue weighted by Gasteiger charge is 2.19. The van der Waals surface area contributed by atoms with Gasteiger partial charge in [-0.2, -0.15) is 0 Å². The highest BCUT2D eigenvalue weighted by Crippen LogP contribution is 2.29. The van der Waals surface area contributed by atoms with E-state index in [1.54, 1.807) is 6.20 Å². The summed E-state index contributed by atoms with van der Waals surface area (Å²) in [6.07, 6.45) is 1.80. The van der Waals surface area contributed by atoms with Gasteiger partial charge in [-0.05, 0) is 55.8 Å². The van der Waals surface area contributed by atoms with Gasteiger partial charge in [-0.25, -0.2) is 4.98 Å². The first-order valence-corrected chi connectivity index (χ1v) is 12.9. The van der Waals surface area contributed by atoms with Crippen molar-refractivity contribution in [1.29, 1.82) is 0 Å². The Bertz CT molecular complexity index is 1590. The molecular weight excluding hydrogens is 484 g/mol. The van der Waals surface area contributed by atoms with Gasteiger partial charge in [-0.1, -0.05) is 59.8 Å². The quantitative estimate of drug-likeness (QED) is 0.203. The summed E-state index contributed by atoms with van der Waals surface area (Å²) in [6.45, 7) is 4.46. The lowest BCUT2D eigenvalue weighted by molar-refractivity contribution is -0.113. The van der Waals surface area contributed by atoms with Crippen LogP contribution in [0.2, 0.25) is 0 Å². The minimum absolute atomic E-state index is 0.0912. The molecule has 2 aromatic heterocycles. The molecule has 8 heteroatoms. The van der Waals surface area contributed by atoms with Gasteiger partial charge in [0.05, 0.1) is 18.0 Å². The summed E-state index contributed by atoms with van der Waals surface area (Å²) in [7, 11) is 0. The molecule has 2 N–H and O–H groups in total. The number of fused-ring (bicyclic) bond motifs is 1. The van der Waals surface area contributed by atoms with Crippen LogP contribution < -0.4 is 15.6 Å². The number of aromatic nitrogens is 3. The lowest BCUT2D eigenvalue weighted by Crippen LogP contribution is -2.23. The number of nitrogens with one attached hydrogen (secondary N) is 2. The van der Waals surface area contributed by atoms with Crippen molar-refractivity contribution >= 4 is 34.4 Å². The number of benzene rings is 3. The van der Waals surface area contributed by atoms with E-state index in [1.165, 1.54) is 16.3 Å². The molecule has 0 spiro atoms. The summed E-state index contributed by atoms with van der Waals surface area (Å²) in [4.78, 5) is 34.5. The molecule has 37 heavy (non-hydrogen) atoms. The van der Waals surface area contributed by atoms with Gasteiger partial charge in [0.15, 0.2) is 5.16 Å². The van der Waals surface area contributed by atoms with Crippen molar-refractivity contribution in [2.75, 3.05) is 17.7 Å². The molecule has 3 aromatic carbocycles. The van der Waals surface area contributed by atoms with E-state index < -0.39 is 0 Å². The fourth-order valence-corrected chi connectivity index (χ4v) is 4.83. The van der Waals surface area contributed by atoms with Crippen LogP contribution in [0.5, 0.6) is 5.75 Å². The molecule has 5 rings (SSSR count). The van der Waals surface area contributed by atoms with E-state index in [9.17, 15) is 9.59 Å². The van der Waals surface area contributed by atoms with Crippen LogP contribution in [0.4, 0.5) is 5.69 Å². The van der Waals surface area contributed by atoms with Crippen molar-refractivity contribution < 1.29 is 9.53 Å². The Labute approximate surface area is 218 Å². The summed E-state index contributed by atoms with van der Waals surface area (Å²) in [5.74, 6) is 0.624. The number of carbonyl (C=O) groups is 1. The largest absolute Gasteiger partial charge is 0.494 e. The molecule has 2 heterocycles. The van der Waals surface area contributed by atoms with Gasteiger partial charge in [0, 0.05) is 17.4 Å². The molecule has 0 bridgehead atoms. The minimum Gasteiger partial charge on any atom is -0.494 e. The van der Waals surface area contributed by atoms with Gasteiger partial charge >= 0.3 is 0 Å². The monoisotopic (exact) mass is 510 g/mol. The van der Waals surface area contributed by atoms with Crippen LogP contribution in [-0.2, 0) is 4.79 Å². The maximum atomic E-state index is 13.7. The highest BCUT2D eigenvalue weighted by atomic mass is 32.2. The van der Waals surface area contributed by atoms with Gasteiger partial charge in [0.1, 0.15) is 16.8 Å². The van der Waals surface area contributed by atoms with E-state index >= 15 is 0 Å². The normalized spacial score (nSPS) is 11.0. The molecule has 0 aliphatic heterocycles. The number of nitrogens with zero attached hydrogens (tertiary/aromatic N) is 2. The topological polar surface area (TPSA) is 89.0 Å². The van der Waals surface area contributed by atoms with Crippen LogP contribution in [0, 0.1) is 6.92 Å². The Morgan fingerprint density at radius 1 is 1.03 bits per heavy atom. The molecule has 0 fully saturated rings. The fraction of sp³-hybridized carbons (Fsp3) is 0.138. The number of aryl methyl sites for hydroxylation is 1. The Hall–Kier alpha value is -4.30. The Kier molecular flexibility index (Phi) is 7.09. The predicted octanol–water partition coefficient (Wildman–Crippen LogP) is 5.82. The first-order chi connectivity index (χ1) is 18.0. The van der Waals surface area contributed by atoms with Crippen molar-refractivity contribution in [2.45, 2.75) is 19.0 Å². The van der Waals surface area contributed by atoms with Crippen LogP contribution >= 0.6 is 11.8 Å². The number of aromatic amines is 1. The Morgan fingerprint density at radius 2 is 1.76 bits per heavy atom. The molecule has 0 aliphatic rings. The Morgan fingerprint density at radius 3 is 2.46 bits per heavy atom. The van der Waals surface area contributed by atoms with Crippen molar-refractivity contribution in [2.24, 2.45) is 0 Å². The number of hydrogen-bond acceptors (Lipinski definition) is 5. The zero-order valence-corrected chi connectivity index (χ0v) is 21.3. The van der Waals surface area contributed by atoms with E-state index in [-0.39, 0.29) is 17.2 Å². The standard InChI is InChI=1S/C29H26N4O3S/c1-3-36-23-15-13-22(14-16-23)33-28(35)27-26(24(17-30-27)20-7-5-4-6-8-20)32-29(33)37-18-25(34)31-21-11-9-19(2)10-12-21/h4-17,30H,3,18H2,1-2H3,(H,31,34). The first-order valence-electron chi connectivity index (χ1n) is 12.0. The maximum Gasteiger partial charge on any atom is 0.283 e. The second-order valence-electron chi connectivity index (χ2n) is 8.46. The van der Waals surface area contributed by atoms with Crippen LogP contribution in [0.3, 0.4) is 0 Å². The third-order valence-corrected chi connectivity index (χ3v) is 6.77. The molecule has 0 saturated heterocycles. The SMILES string of the molecule is CCOc1ccc(-n2c(SCC(=O)Nc3ccc(C)cc3)nc3c(-c4ccccc4)c[nH]c3c2=O)cc1. The molecule has 0 radical (unpaired) electrons. The number of ether oxygens (including phenoxy) is 1. The first kappa shape index (κ1) is 24.4. The number of carbonyl (C=O) groups excluding carboxylic acids is 1. The summed E-state index contributed by atoms with van der Waals surface area (Å²) < 4.78 is 7.09. The van der Waals surface area contributed by atoms with Crippen LogP contribution in [-0.4, -0.2) is 32.8 Å². The maximum absolute atomic E-state index is 13.7. The van der Waals surface area contributed by atoms with Gasteiger partial charge in [0.2, 0.25) is 5.91 Å². The van der Waals surface area contributed by atoms with Crippen molar-refractivity contribution in [1.82, 2.24) is 14.5 Å². The van der Waals surface area contributed by atoms with Crippen LogP contribution in [0.15, 0.2) is 95.0 Å². The molecule has 7 nitrogen and oxygen atoms in total. The second kappa shape index (κ2) is 10.8. The average Bonchev–Trinajstić information content (AvgIpc) is 3.35. The van der Waals surface area contributed by atoms with E-state index in [1.807, 2.05) is 92.7 Å². The van der Waals surface area contributed by atoms with E-state index in [4.69, 9.17) is 9.72 Å². The molecule has 5 aromatic rings. The minimum atomic E-state index is -0.238. The summed E-state index contributed by atoms with van der Waals surface area (Å²) in [5.41, 5.74) is 4.99. The number of hydrogen-bond donors (Lipinski definition) is 2. The van der Waals surface area contributed by atoms with Gasteiger partial charge < -0.3 is 15.0 Å². The predicted molar refractivity (Wildman–Crippen MR) is 149 cm³/mol. The van der Waals surface area contributed by atoms with Gasteiger partial charge in [0.25, 0.3) is 5.56 Å². The number of H-pyrrole nitrogens is 1. The van der Waals surface area contributed by atoms with Crippen molar-refractivity contribution in [3.8, 4) is 22.6 Å². The molecule has 186 valence electrons. The lowest BCUT2D eigenvalue weighted by atomic mass is 10.1. The summed E-state index contributed by atoms with van der Waals surface area (Å²) in [5, 5.41) is 3.33. The third kappa shape index (κ3) is 5.29. The molecule has 0 unspecified atom stereocenters. The average molecular weight is 511 g/mol. The molecule has 0 atom stereocenters. The molecule has 1 amide bonds. The Balaban J connectivity index is 1.53. The third-order valence-electron chi connectivity index (χ3n) is 5.83. The van der Waals surface area contributed by atoms with Gasteiger partial charge in [-0.15, -0.1) is 0 Å². The molecule has 0 saturated carbocycles. The summed E-state index contributed by atoms with van der Waals surface area (Å²) in [6, 6.07) is 24.7. The number of anilines is 1. The number of thioether (sulfide) groups is 1. The molecule has 0 aliphatic carbocycles.